The molecule has 1 aromatic carbocycles. The van der Waals surface area contributed by atoms with Crippen LogP contribution in [-0.2, 0) is 19.1 Å². The highest BCUT2D eigenvalue weighted by Crippen LogP contribution is 2.15. The molecule has 0 aliphatic carbocycles. The van der Waals surface area contributed by atoms with Gasteiger partial charge >= 0.3 is 11.9 Å². The van der Waals surface area contributed by atoms with Crippen molar-refractivity contribution in [2.75, 3.05) is 18.5 Å². The Labute approximate surface area is 309 Å². The molecule has 1 atom stereocenters. The van der Waals surface area contributed by atoms with E-state index < -0.39 is 6.10 Å². The first-order valence-corrected chi connectivity index (χ1v) is 21.4. The Hall–Kier alpha value is -2.30. The molecule has 0 saturated carbocycles. The van der Waals surface area contributed by atoms with Crippen molar-refractivity contribution in [3.8, 4) is 0 Å². The fourth-order valence-corrected chi connectivity index (χ4v) is 6.41. The molecule has 1 N–H and O–H groups in total. The number of allylic oxidation sites excluding steroid dienone is 2. The molecule has 1 rings (SSSR count). The minimum absolute atomic E-state index is 0.0928. The van der Waals surface area contributed by atoms with Gasteiger partial charge in [0.15, 0.2) is 6.10 Å². The van der Waals surface area contributed by atoms with Gasteiger partial charge in [-0.15, -0.1) is 0 Å². The number of nitrogens with one attached hydrogen (secondary N) is 1. The maximum Gasteiger partial charge on any atom is 0.306 e. The van der Waals surface area contributed by atoms with Crippen LogP contribution in [0.3, 0.4) is 0 Å². The van der Waals surface area contributed by atoms with E-state index in [0.29, 0.717) is 19.4 Å². The van der Waals surface area contributed by atoms with Gasteiger partial charge in [0.1, 0.15) is 6.61 Å². The van der Waals surface area contributed by atoms with Gasteiger partial charge in [-0.25, -0.2) is 0 Å². The summed E-state index contributed by atoms with van der Waals surface area (Å²) in [4.78, 5) is 25.2. The molecule has 0 aliphatic rings. The van der Waals surface area contributed by atoms with Crippen molar-refractivity contribution in [2.24, 2.45) is 0 Å². The molecule has 0 aliphatic heterocycles. The van der Waals surface area contributed by atoms with Crippen molar-refractivity contribution in [1.82, 2.24) is 0 Å². The first kappa shape index (κ1) is 45.7. The highest BCUT2D eigenvalue weighted by Gasteiger charge is 2.17. The van der Waals surface area contributed by atoms with Crippen LogP contribution in [0.5, 0.6) is 0 Å². The van der Waals surface area contributed by atoms with E-state index in [0.717, 1.165) is 44.2 Å². The Bertz CT molecular complexity index is 902. The quantitative estimate of drug-likeness (QED) is 0.0426. The Morgan fingerprint density at radius 3 is 1.40 bits per heavy atom. The topological polar surface area (TPSA) is 64.6 Å². The second kappa shape index (κ2) is 36.5. The number of hydrogen-bond donors (Lipinski definition) is 1. The van der Waals surface area contributed by atoms with E-state index >= 15 is 0 Å². The molecule has 0 saturated heterocycles. The van der Waals surface area contributed by atoms with Gasteiger partial charge < -0.3 is 14.8 Å². The molecular weight excluding hydrogens is 618 g/mol. The summed E-state index contributed by atoms with van der Waals surface area (Å²) in [7, 11) is 0. The van der Waals surface area contributed by atoms with E-state index in [1.165, 1.54) is 141 Å². The zero-order valence-electron chi connectivity index (χ0n) is 32.9. The molecule has 0 aromatic heterocycles. The van der Waals surface area contributed by atoms with Crippen LogP contribution in [0.4, 0.5) is 5.69 Å². The van der Waals surface area contributed by atoms with Gasteiger partial charge in [0.25, 0.3) is 0 Å². The number of carbonyl (C=O) groups excluding carboxylic acids is 2. The molecule has 0 amide bonds. The largest absolute Gasteiger partial charge is 0.462 e. The fraction of sp³-hybridized carbons (Fsp3) is 0.778. The smallest absolute Gasteiger partial charge is 0.306 e. The first-order chi connectivity index (χ1) is 24.7. The molecule has 0 fully saturated rings. The van der Waals surface area contributed by atoms with E-state index in [-0.39, 0.29) is 18.5 Å². The lowest BCUT2D eigenvalue weighted by atomic mass is 10.0. The Morgan fingerprint density at radius 2 is 0.940 bits per heavy atom. The van der Waals surface area contributed by atoms with Crippen LogP contribution in [0.25, 0.3) is 0 Å². The van der Waals surface area contributed by atoms with Gasteiger partial charge in [0, 0.05) is 18.5 Å². The molecule has 5 heteroatoms. The summed E-state index contributed by atoms with van der Waals surface area (Å²) in [6, 6.07) is 9.86. The monoisotopic (exact) mass is 698 g/mol. The average molecular weight is 698 g/mol. The van der Waals surface area contributed by atoms with Gasteiger partial charge in [0.2, 0.25) is 0 Å². The number of unbranched alkanes of at least 4 members (excludes halogenated alkanes) is 25. The predicted molar refractivity (Wildman–Crippen MR) is 215 cm³/mol. The highest BCUT2D eigenvalue weighted by atomic mass is 16.6. The number of para-hydroxylation sites is 1. The minimum Gasteiger partial charge on any atom is -0.462 e. The lowest BCUT2D eigenvalue weighted by Crippen LogP contribution is -2.31. The molecule has 5 nitrogen and oxygen atoms in total. The minimum atomic E-state index is -0.504. The van der Waals surface area contributed by atoms with Crippen LogP contribution in [0.2, 0.25) is 0 Å². The molecule has 0 bridgehead atoms. The lowest BCUT2D eigenvalue weighted by Gasteiger charge is -2.19. The summed E-state index contributed by atoms with van der Waals surface area (Å²) in [5.41, 5.74) is 0.954. The van der Waals surface area contributed by atoms with Gasteiger partial charge in [-0.1, -0.05) is 185 Å². The Morgan fingerprint density at radius 1 is 0.540 bits per heavy atom. The molecule has 0 spiro atoms. The normalized spacial score (nSPS) is 12.0. The van der Waals surface area contributed by atoms with E-state index in [1.54, 1.807) is 0 Å². The summed E-state index contributed by atoms with van der Waals surface area (Å²) in [6.45, 7) is 5.05. The second-order valence-corrected chi connectivity index (χ2v) is 14.6. The summed E-state index contributed by atoms with van der Waals surface area (Å²) < 4.78 is 11.4. The second-order valence-electron chi connectivity index (χ2n) is 14.6. The number of ether oxygens (including phenoxy) is 2. The molecular formula is C45H79NO4. The number of anilines is 1. The standard InChI is InChI=1S/C45H79NO4/c1-3-5-7-9-11-13-15-17-19-21-23-25-27-29-34-38-44(47)49-41-43(40-46-42-36-32-31-33-37-42)50-45(48)39-35-30-28-26-24-22-20-18-16-14-12-10-8-6-4-2/h18,20,31-33,36-37,43,46H,3-17,19,21-30,34-35,38-41H2,1-2H3. The van der Waals surface area contributed by atoms with Crippen LogP contribution < -0.4 is 5.32 Å². The third kappa shape index (κ3) is 31.7. The van der Waals surface area contributed by atoms with Crippen LogP contribution in [0.15, 0.2) is 42.5 Å². The van der Waals surface area contributed by atoms with Gasteiger partial charge in [-0.05, 0) is 50.7 Å². The summed E-state index contributed by atoms with van der Waals surface area (Å²) in [6.07, 6.45) is 40.5. The molecule has 50 heavy (non-hydrogen) atoms. The predicted octanol–water partition coefficient (Wildman–Crippen LogP) is 13.9. The number of rotatable bonds is 37. The van der Waals surface area contributed by atoms with E-state index in [1.807, 2.05) is 30.3 Å². The number of esters is 2. The molecule has 0 heterocycles. The summed E-state index contributed by atoms with van der Waals surface area (Å²) in [5, 5.41) is 3.32. The van der Waals surface area contributed by atoms with Crippen LogP contribution in [-0.4, -0.2) is 31.2 Å². The van der Waals surface area contributed by atoms with Gasteiger partial charge in [0.05, 0.1) is 6.54 Å². The van der Waals surface area contributed by atoms with Crippen LogP contribution in [0.1, 0.15) is 206 Å². The zero-order chi connectivity index (χ0) is 36.0. The molecule has 1 aromatic rings. The number of carbonyl (C=O) groups is 2. The van der Waals surface area contributed by atoms with Gasteiger partial charge in [-0.2, -0.15) is 0 Å². The maximum atomic E-state index is 12.7. The summed E-state index contributed by atoms with van der Waals surface area (Å²) in [5.74, 6) is -0.404. The van der Waals surface area contributed by atoms with Crippen molar-refractivity contribution >= 4 is 17.6 Å². The third-order valence-corrected chi connectivity index (χ3v) is 9.66. The van der Waals surface area contributed by atoms with Crippen molar-refractivity contribution in [2.45, 2.75) is 213 Å². The zero-order valence-corrected chi connectivity index (χ0v) is 32.9. The van der Waals surface area contributed by atoms with Crippen LogP contribution >= 0.6 is 0 Å². The molecule has 288 valence electrons. The van der Waals surface area contributed by atoms with Crippen molar-refractivity contribution in [3.05, 3.63) is 42.5 Å². The van der Waals surface area contributed by atoms with Crippen LogP contribution in [0, 0.1) is 0 Å². The lowest BCUT2D eigenvalue weighted by molar-refractivity contribution is -0.158. The molecule has 0 radical (unpaired) electrons. The number of benzene rings is 1. The highest BCUT2D eigenvalue weighted by molar-refractivity contribution is 5.70. The summed E-state index contributed by atoms with van der Waals surface area (Å²) >= 11 is 0. The SMILES string of the molecule is CCCCCCCCC=CCCCCCCCC(=O)OC(CNc1ccccc1)COC(=O)CCCCCCCCCCCCCCCCC. The van der Waals surface area contributed by atoms with Crippen molar-refractivity contribution in [3.63, 3.8) is 0 Å². The van der Waals surface area contributed by atoms with Gasteiger partial charge in [-0.3, -0.25) is 9.59 Å². The number of hydrogen-bond acceptors (Lipinski definition) is 5. The molecule has 1 unspecified atom stereocenters. The van der Waals surface area contributed by atoms with E-state index in [2.05, 4.69) is 31.3 Å². The average Bonchev–Trinajstić information content (AvgIpc) is 3.13. The maximum absolute atomic E-state index is 12.7. The first-order valence-electron chi connectivity index (χ1n) is 21.4. The van der Waals surface area contributed by atoms with Crippen molar-refractivity contribution in [1.29, 1.82) is 0 Å². The van der Waals surface area contributed by atoms with E-state index in [9.17, 15) is 9.59 Å². The van der Waals surface area contributed by atoms with Crippen molar-refractivity contribution < 1.29 is 19.1 Å². The Balaban J connectivity index is 2.13. The van der Waals surface area contributed by atoms with E-state index in [4.69, 9.17) is 9.47 Å². The Kier molecular flexibility index (Phi) is 33.4. The fourth-order valence-electron chi connectivity index (χ4n) is 6.41. The third-order valence-electron chi connectivity index (χ3n) is 9.66.